The van der Waals surface area contributed by atoms with Crippen molar-refractivity contribution in [2.24, 2.45) is 11.3 Å². The predicted octanol–water partition coefficient (Wildman–Crippen LogP) is 9.43. The third-order valence-corrected chi connectivity index (χ3v) is 9.46. The van der Waals surface area contributed by atoms with Gasteiger partial charge in [0.25, 0.3) is 11.4 Å². The Hall–Kier alpha value is -3.50. The van der Waals surface area contributed by atoms with E-state index in [2.05, 4.69) is 20.8 Å². The SMILES string of the molecule is CC(C)(C)C1CCN(c2c(F)cc(N3C(c4ccc(Cl)c([N+](=O)[O-])c4)CCC3c3ccc(Cl)c([N+](=O)[O-])c3)cc2F)CC1. The van der Waals surface area contributed by atoms with E-state index >= 15 is 8.78 Å². The van der Waals surface area contributed by atoms with Gasteiger partial charge in [-0.15, -0.1) is 0 Å². The van der Waals surface area contributed by atoms with Gasteiger partial charge in [-0.05, 0) is 72.4 Å². The molecule has 0 bridgehead atoms. The molecule has 3 aromatic rings. The predicted molar refractivity (Wildman–Crippen MR) is 164 cm³/mol. The van der Waals surface area contributed by atoms with E-state index in [1.54, 1.807) is 21.9 Å². The standard InChI is InChI=1S/C31H32Cl2F2N4O4/c1-31(2,3)20-10-12-36(13-11-20)30-24(34)16-21(17-25(30)35)37-26(18-4-6-22(32)28(14-18)38(40)41)8-9-27(37)19-5-7-23(33)29(15-19)39(42)43/h4-7,14-17,20,26-27H,8-13H2,1-3H3. The summed E-state index contributed by atoms with van der Waals surface area (Å²) >= 11 is 12.1. The number of rotatable bonds is 6. The average molecular weight is 634 g/mol. The lowest BCUT2D eigenvalue weighted by Crippen LogP contribution is -2.39. The summed E-state index contributed by atoms with van der Waals surface area (Å²) in [5.74, 6) is -0.970. The van der Waals surface area contributed by atoms with Gasteiger partial charge in [-0.2, -0.15) is 0 Å². The minimum Gasteiger partial charge on any atom is -0.367 e. The molecule has 0 spiro atoms. The lowest BCUT2D eigenvalue weighted by Gasteiger charge is -2.40. The first-order valence-electron chi connectivity index (χ1n) is 14.2. The molecule has 0 aromatic heterocycles. The molecular weight excluding hydrogens is 601 g/mol. The maximum atomic E-state index is 15.9. The second kappa shape index (κ2) is 11.9. The molecule has 0 amide bonds. The van der Waals surface area contributed by atoms with Crippen LogP contribution >= 0.6 is 23.2 Å². The zero-order chi connectivity index (χ0) is 31.2. The highest BCUT2D eigenvalue weighted by molar-refractivity contribution is 6.33. The number of nitro groups is 2. The van der Waals surface area contributed by atoms with Gasteiger partial charge < -0.3 is 9.80 Å². The molecule has 3 aromatic carbocycles. The molecule has 0 aliphatic carbocycles. The van der Waals surface area contributed by atoms with E-state index in [0.717, 1.165) is 12.8 Å². The zero-order valence-corrected chi connectivity index (χ0v) is 25.5. The second-order valence-corrected chi connectivity index (χ2v) is 13.2. The molecule has 0 radical (unpaired) electrons. The Balaban J connectivity index is 1.56. The third-order valence-electron chi connectivity index (χ3n) is 8.82. The Labute approximate surface area is 258 Å². The van der Waals surface area contributed by atoms with Gasteiger partial charge in [0, 0.05) is 30.9 Å². The van der Waals surface area contributed by atoms with Crippen LogP contribution in [0.3, 0.4) is 0 Å². The van der Waals surface area contributed by atoms with Crippen LogP contribution < -0.4 is 9.80 Å². The number of nitrogens with zero attached hydrogens (tertiary/aromatic N) is 4. The Morgan fingerprint density at radius 2 is 1.21 bits per heavy atom. The van der Waals surface area contributed by atoms with Crippen LogP contribution in [0, 0.1) is 43.2 Å². The monoisotopic (exact) mass is 632 g/mol. The van der Waals surface area contributed by atoms with E-state index in [9.17, 15) is 20.2 Å². The van der Waals surface area contributed by atoms with Gasteiger partial charge in [0.2, 0.25) is 0 Å². The number of anilines is 2. The van der Waals surface area contributed by atoms with Gasteiger partial charge in [0.1, 0.15) is 15.7 Å². The van der Waals surface area contributed by atoms with Crippen LogP contribution in [0.1, 0.15) is 69.7 Å². The highest BCUT2D eigenvalue weighted by Gasteiger charge is 2.38. The van der Waals surface area contributed by atoms with Crippen LogP contribution in [0.15, 0.2) is 48.5 Å². The van der Waals surface area contributed by atoms with Crippen molar-refractivity contribution >= 4 is 46.0 Å². The van der Waals surface area contributed by atoms with Crippen molar-refractivity contribution in [3.8, 4) is 0 Å². The number of benzene rings is 3. The van der Waals surface area contributed by atoms with Crippen LogP contribution in [-0.2, 0) is 0 Å². The topological polar surface area (TPSA) is 92.8 Å². The lowest BCUT2D eigenvalue weighted by atomic mass is 9.75. The van der Waals surface area contributed by atoms with Gasteiger partial charge in [-0.1, -0.05) is 56.1 Å². The van der Waals surface area contributed by atoms with E-state index in [-0.39, 0.29) is 38.2 Å². The summed E-state index contributed by atoms with van der Waals surface area (Å²) < 4.78 is 31.7. The molecule has 0 N–H and O–H groups in total. The summed E-state index contributed by atoms with van der Waals surface area (Å²) in [6.07, 6.45) is 2.58. The molecule has 2 aliphatic heterocycles. The molecule has 2 fully saturated rings. The zero-order valence-electron chi connectivity index (χ0n) is 24.0. The van der Waals surface area contributed by atoms with Crippen LogP contribution in [0.2, 0.25) is 10.0 Å². The van der Waals surface area contributed by atoms with Crippen molar-refractivity contribution in [3.63, 3.8) is 0 Å². The Morgan fingerprint density at radius 3 is 1.60 bits per heavy atom. The summed E-state index contributed by atoms with van der Waals surface area (Å²) in [4.78, 5) is 25.6. The van der Waals surface area contributed by atoms with Crippen LogP contribution in [0.25, 0.3) is 0 Å². The van der Waals surface area contributed by atoms with Gasteiger partial charge >= 0.3 is 0 Å². The van der Waals surface area contributed by atoms with Crippen molar-refractivity contribution < 1.29 is 18.6 Å². The van der Waals surface area contributed by atoms with E-state index < -0.39 is 33.6 Å². The summed E-state index contributed by atoms with van der Waals surface area (Å²) in [6.45, 7) is 7.60. The van der Waals surface area contributed by atoms with Crippen LogP contribution in [-0.4, -0.2) is 22.9 Å². The Kier molecular flexibility index (Phi) is 8.55. The maximum absolute atomic E-state index is 15.9. The maximum Gasteiger partial charge on any atom is 0.288 e. The Morgan fingerprint density at radius 1 is 0.767 bits per heavy atom. The molecule has 2 unspecified atom stereocenters. The minimum absolute atomic E-state index is 0.0279. The lowest BCUT2D eigenvalue weighted by molar-refractivity contribution is -0.384. The van der Waals surface area contributed by atoms with Gasteiger partial charge in [0.15, 0.2) is 11.6 Å². The first-order valence-corrected chi connectivity index (χ1v) is 14.9. The molecule has 8 nitrogen and oxygen atoms in total. The fourth-order valence-electron chi connectivity index (χ4n) is 6.55. The summed E-state index contributed by atoms with van der Waals surface area (Å²) in [5, 5.41) is 23.2. The molecule has 12 heteroatoms. The van der Waals surface area contributed by atoms with Crippen LogP contribution in [0.4, 0.5) is 31.5 Å². The number of hydrogen-bond acceptors (Lipinski definition) is 6. The summed E-state index contributed by atoms with van der Waals surface area (Å²) in [6, 6.07) is 10.4. The molecular formula is C31H32Cl2F2N4O4. The molecule has 5 rings (SSSR count). The van der Waals surface area contributed by atoms with Crippen molar-refractivity contribution in [2.45, 2.75) is 58.5 Å². The quantitative estimate of drug-likeness (QED) is 0.198. The number of hydrogen-bond donors (Lipinski definition) is 0. The number of nitro benzene ring substituents is 2. The van der Waals surface area contributed by atoms with E-state index in [0.29, 0.717) is 43.0 Å². The molecule has 0 saturated carbocycles. The number of halogens is 4. The minimum atomic E-state index is -0.710. The van der Waals surface area contributed by atoms with Crippen LogP contribution in [0.5, 0.6) is 0 Å². The summed E-state index contributed by atoms with van der Waals surface area (Å²) in [7, 11) is 0. The highest BCUT2D eigenvalue weighted by atomic mass is 35.5. The molecule has 2 aliphatic rings. The molecule has 43 heavy (non-hydrogen) atoms. The van der Waals surface area contributed by atoms with E-state index in [1.165, 1.54) is 36.4 Å². The van der Waals surface area contributed by atoms with E-state index in [1.807, 2.05) is 0 Å². The van der Waals surface area contributed by atoms with Crippen molar-refractivity contribution in [3.05, 3.63) is 102 Å². The number of piperidine rings is 1. The summed E-state index contributed by atoms with van der Waals surface area (Å²) in [5.41, 5.74) is 0.776. The van der Waals surface area contributed by atoms with Crippen molar-refractivity contribution in [1.29, 1.82) is 0 Å². The first kappa shape index (κ1) is 30.9. The largest absolute Gasteiger partial charge is 0.367 e. The molecule has 2 saturated heterocycles. The second-order valence-electron chi connectivity index (χ2n) is 12.3. The normalized spacial score (nSPS) is 19.6. The van der Waals surface area contributed by atoms with E-state index in [4.69, 9.17) is 23.2 Å². The first-order chi connectivity index (χ1) is 20.3. The fraction of sp³-hybridized carbons (Fsp3) is 0.419. The van der Waals surface area contributed by atoms with Gasteiger partial charge in [-0.3, -0.25) is 20.2 Å². The molecule has 228 valence electrons. The average Bonchev–Trinajstić information content (AvgIpc) is 3.38. The van der Waals surface area contributed by atoms with Crippen molar-refractivity contribution in [1.82, 2.24) is 0 Å². The van der Waals surface area contributed by atoms with Crippen molar-refractivity contribution in [2.75, 3.05) is 22.9 Å². The smallest absolute Gasteiger partial charge is 0.288 e. The van der Waals surface area contributed by atoms with Gasteiger partial charge in [0.05, 0.1) is 21.9 Å². The fourth-order valence-corrected chi connectivity index (χ4v) is 6.92. The highest BCUT2D eigenvalue weighted by Crippen LogP contribution is 2.49. The Bertz CT molecular complexity index is 1480. The molecule has 2 atom stereocenters. The third kappa shape index (κ3) is 6.13. The molecule has 2 heterocycles. The van der Waals surface area contributed by atoms with Gasteiger partial charge in [-0.25, -0.2) is 8.78 Å².